The van der Waals surface area contributed by atoms with Crippen molar-refractivity contribution in [2.75, 3.05) is 12.3 Å². The lowest BCUT2D eigenvalue weighted by atomic mass is 10.1. The van der Waals surface area contributed by atoms with Crippen LogP contribution in [-0.2, 0) is 4.79 Å². The molecule has 1 aromatic rings. The van der Waals surface area contributed by atoms with Gasteiger partial charge in [-0.05, 0) is 5.56 Å². The van der Waals surface area contributed by atoms with Gasteiger partial charge in [0.05, 0.1) is 0 Å². The van der Waals surface area contributed by atoms with Crippen molar-refractivity contribution in [3.05, 3.63) is 35.9 Å². The van der Waals surface area contributed by atoms with Crippen molar-refractivity contribution < 1.29 is 4.79 Å². The molecule has 0 heterocycles. The molecule has 0 aliphatic carbocycles. The number of carbonyl (C=O) groups excluding carboxylic acids is 1. The minimum atomic E-state index is -0.587. The van der Waals surface area contributed by atoms with Crippen molar-refractivity contribution in [2.45, 2.75) is 6.04 Å². The number of rotatable bonds is 4. The molecule has 0 saturated carbocycles. The molecule has 0 saturated heterocycles. The lowest BCUT2D eigenvalue weighted by Crippen LogP contribution is -2.35. The molecule has 4 heteroatoms. The van der Waals surface area contributed by atoms with Gasteiger partial charge >= 0.3 is 0 Å². The molecule has 1 amide bonds. The van der Waals surface area contributed by atoms with Gasteiger partial charge in [-0.1, -0.05) is 30.3 Å². The Bertz CT molecular complexity index is 289. The zero-order chi connectivity index (χ0) is 10.4. The molecule has 76 valence electrons. The van der Waals surface area contributed by atoms with Gasteiger partial charge in [-0.2, -0.15) is 12.6 Å². The first kappa shape index (κ1) is 11.1. The van der Waals surface area contributed by atoms with Crippen LogP contribution in [0.1, 0.15) is 11.6 Å². The van der Waals surface area contributed by atoms with Crippen LogP contribution in [0.5, 0.6) is 0 Å². The number of carbonyl (C=O) groups is 1. The van der Waals surface area contributed by atoms with Crippen molar-refractivity contribution in [1.82, 2.24) is 5.32 Å². The summed E-state index contributed by atoms with van der Waals surface area (Å²) in [6.07, 6.45) is 0. The number of hydrogen-bond donors (Lipinski definition) is 3. The van der Waals surface area contributed by atoms with E-state index in [-0.39, 0.29) is 5.91 Å². The van der Waals surface area contributed by atoms with Crippen molar-refractivity contribution in [3.8, 4) is 0 Å². The van der Waals surface area contributed by atoms with Crippen LogP contribution in [0.3, 0.4) is 0 Å². The highest BCUT2D eigenvalue weighted by Gasteiger charge is 2.13. The van der Waals surface area contributed by atoms with Gasteiger partial charge in [0.25, 0.3) is 0 Å². The van der Waals surface area contributed by atoms with E-state index in [0.29, 0.717) is 12.3 Å². The van der Waals surface area contributed by atoms with E-state index in [1.807, 2.05) is 30.3 Å². The zero-order valence-corrected chi connectivity index (χ0v) is 8.71. The molecule has 3 N–H and O–H groups in total. The predicted octanol–water partition coefficient (Wildman–Crippen LogP) is 0.732. The van der Waals surface area contributed by atoms with E-state index in [1.165, 1.54) is 0 Å². The Labute approximate surface area is 89.1 Å². The number of amides is 1. The van der Waals surface area contributed by atoms with Crippen LogP contribution in [0.4, 0.5) is 0 Å². The lowest BCUT2D eigenvalue weighted by Gasteiger charge is -2.11. The Hall–Kier alpha value is -1.00. The molecule has 14 heavy (non-hydrogen) atoms. The van der Waals surface area contributed by atoms with Crippen LogP contribution >= 0.6 is 12.6 Å². The topological polar surface area (TPSA) is 55.1 Å². The maximum atomic E-state index is 11.4. The Morgan fingerprint density at radius 2 is 2.07 bits per heavy atom. The average molecular weight is 210 g/mol. The molecule has 0 aliphatic heterocycles. The summed E-state index contributed by atoms with van der Waals surface area (Å²) >= 11 is 4.00. The molecule has 0 unspecified atom stereocenters. The molecule has 0 fully saturated rings. The van der Waals surface area contributed by atoms with E-state index < -0.39 is 6.04 Å². The average Bonchev–Trinajstić information content (AvgIpc) is 2.26. The fourth-order valence-electron chi connectivity index (χ4n) is 1.10. The Balaban J connectivity index is 2.57. The first-order valence-corrected chi connectivity index (χ1v) is 5.08. The minimum absolute atomic E-state index is 0.162. The summed E-state index contributed by atoms with van der Waals surface area (Å²) in [7, 11) is 0. The monoisotopic (exact) mass is 210 g/mol. The van der Waals surface area contributed by atoms with Crippen LogP contribution in [0.15, 0.2) is 30.3 Å². The number of nitrogens with two attached hydrogens (primary N) is 1. The summed E-state index contributed by atoms with van der Waals surface area (Å²) in [5.41, 5.74) is 6.57. The van der Waals surface area contributed by atoms with E-state index in [4.69, 9.17) is 5.73 Å². The summed E-state index contributed by atoms with van der Waals surface area (Å²) in [5, 5.41) is 2.69. The maximum Gasteiger partial charge on any atom is 0.241 e. The van der Waals surface area contributed by atoms with Crippen molar-refractivity contribution >= 4 is 18.5 Å². The van der Waals surface area contributed by atoms with Crippen LogP contribution in [-0.4, -0.2) is 18.2 Å². The summed E-state index contributed by atoms with van der Waals surface area (Å²) in [5.74, 6) is 0.456. The van der Waals surface area contributed by atoms with Gasteiger partial charge in [-0.15, -0.1) is 0 Å². The second-order valence-corrected chi connectivity index (χ2v) is 3.35. The smallest absolute Gasteiger partial charge is 0.241 e. The number of hydrogen-bond acceptors (Lipinski definition) is 3. The second-order valence-electron chi connectivity index (χ2n) is 2.90. The van der Waals surface area contributed by atoms with E-state index in [9.17, 15) is 4.79 Å². The fourth-order valence-corrected chi connectivity index (χ4v) is 1.21. The molecule has 0 spiro atoms. The van der Waals surface area contributed by atoms with E-state index >= 15 is 0 Å². The minimum Gasteiger partial charge on any atom is -0.354 e. The molecule has 0 aliphatic rings. The highest BCUT2D eigenvalue weighted by Crippen LogP contribution is 2.08. The highest BCUT2D eigenvalue weighted by molar-refractivity contribution is 7.80. The third kappa shape index (κ3) is 3.05. The van der Waals surface area contributed by atoms with Crippen molar-refractivity contribution in [3.63, 3.8) is 0 Å². The van der Waals surface area contributed by atoms with Gasteiger partial charge < -0.3 is 11.1 Å². The third-order valence-corrected chi connectivity index (χ3v) is 2.08. The van der Waals surface area contributed by atoms with Crippen molar-refractivity contribution in [1.29, 1.82) is 0 Å². The van der Waals surface area contributed by atoms with Gasteiger partial charge in [-0.25, -0.2) is 0 Å². The van der Waals surface area contributed by atoms with Gasteiger partial charge in [-0.3, -0.25) is 4.79 Å². The summed E-state index contributed by atoms with van der Waals surface area (Å²) in [6.45, 7) is 0.544. The summed E-state index contributed by atoms with van der Waals surface area (Å²) in [6, 6.07) is 8.70. The fraction of sp³-hybridized carbons (Fsp3) is 0.300. The normalized spacial score (nSPS) is 12.1. The quantitative estimate of drug-likeness (QED) is 0.642. The standard InChI is InChI=1S/C10H14N2OS/c11-9(10(13)12-6-7-14)8-4-2-1-3-5-8/h1-5,9,14H,6-7,11H2,(H,12,13)/t9-/m1/s1. The molecule has 0 radical (unpaired) electrons. The molecule has 0 aromatic heterocycles. The largest absolute Gasteiger partial charge is 0.354 e. The number of nitrogens with one attached hydrogen (secondary N) is 1. The molecular formula is C10H14N2OS. The van der Waals surface area contributed by atoms with Gasteiger partial charge in [0.1, 0.15) is 6.04 Å². The summed E-state index contributed by atoms with van der Waals surface area (Å²) < 4.78 is 0. The van der Waals surface area contributed by atoms with E-state index in [0.717, 1.165) is 5.56 Å². The third-order valence-electron chi connectivity index (χ3n) is 1.85. The van der Waals surface area contributed by atoms with Gasteiger partial charge in [0, 0.05) is 12.3 Å². The van der Waals surface area contributed by atoms with Crippen LogP contribution in [0.2, 0.25) is 0 Å². The van der Waals surface area contributed by atoms with Crippen LogP contribution in [0.25, 0.3) is 0 Å². The zero-order valence-electron chi connectivity index (χ0n) is 7.81. The molecular weight excluding hydrogens is 196 g/mol. The molecule has 1 aromatic carbocycles. The van der Waals surface area contributed by atoms with Gasteiger partial charge in [0.2, 0.25) is 5.91 Å². The molecule has 3 nitrogen and oxygen atoms in total. The van der Waals surface area contributed by atoms with E-state index in [1.54, 1.807) is 0 Å². The first-order valence-electron chi connectivity index (χ1n) is 4.45. The van der Waals surface area contributed by atoms with Crippen LogP contribution in [0, 0.1) is 0 Å². The first-order chi connectivity index (χ1) is 6.75. The van der Waals surface area contributed by atoms with Crippen molar-refractivity contribution in [2.24, 2.45) is 5.73 Å². The maximum absolute atomic E-state index is 11.4. The molecule has 1 rings (SSSR count). The Morgan fingerprint density at radius 1 is 1.43 bits per heavy atom. The summed E-state index contributed by atoms with van der Waals surface area (Å²) in [4.78, 5) is 11.4. The molecule has 1 atom stereocenters. The second kappa shape index (κ2) is 5.67. The predicted molar refractivity (Wildman–Crippen MR) is 60.2 cm³/mol. The Morgan fingerprint density at radius 3 is 2.64 bits per heavy atom. The molecule has 0 bridgehead atoms. The lowest BCUT2D eigenvalue weighted by molar-refractivity contribution is -0.122. The van der Waals surface area contributed by atoms with Crippen LogP contribution < -0.4 is 11.1 Å². The number of benzene rings is 1. The Kier molecular flexibility index (Phi) is 4.49. The number of thiol groups is 1. The van der Waals surface area contributed by atoms with E-state index in [2.05, 4.69) is 17.9 Å². The SMILES string of the molecule is N[C@@H](C(=O)NCCS)c1ccccc1. The highest BCUT2D eigenvalue weighted by atomic mass is 32.1. The van der Waals surface area contributed by atoms with Gasteiger partial charge in [0.15, 0.2) is 0 Å².